The van der Waals surface area contributed by atoms with Crippen LogP contribution < -0.4 is 10.6 Å². The van der Waals surface area contributed by atoms with E-state index in [9.17, 15) is 9.59 Å². The summed E-state index contributed by atoms with van der Waals surface area (Å²) >= 11 is 1.61. The van der Waals surface area contributed by atoms with E-state index in [1.165, 1.54) is 11.3 Å². The van der Waals surface area contributed by atoms with E-state index >= 15 is 0 Å². The van der Waals surface area contributed by atoms with Crippen LogP contribution in [0.15, 0.2) is 24.3 Å². The predicted molar refractivity (Wildman–Crippen MR) is 147 cm³/mol. The van der Waals surface area contributed by atoms with Crippen LogP contribution in [0.2, 0.25) is 0 Å². The molecule has 2 N–H and O–H groups in total. The monoisotopic (exact) mass is 495 g/mol. The summed E-state index contributed by atoms with van der Waals surface area (Å²) in [6, 6.07) is 8.34. The maximum absolute atomic E-state index is 13.6. The summed E-state index contributed by atoms with van der Waals surface area (Å²) in [5.41, 5.74) is 3.90. The summed E-state index contributed by atoms with van der Waals surface area (Å²) in [7, 11) is 0. The fourth-order valence-corrected chi connectivity index (χ4v) is 6.99. The summed E-state index contributed by atoms with van der Waals surface area (Å²) in [6.07, 6.45) is 7.53. The topological polar surface area (TPSA) is 61.4 Å². The predicted octanol–water partition coefficient (Wildman–Crippen LogP) is 6.66. The Bertz CT molecular complexity index is 1070. The third kappa shape index (κ3) is 6.15. The number of fused-ring (bicyclic) bond motifs is 1. The average Bonchev–Trinajstić information content (AvgIpc) is 3.15. The van der Waals surface area contributed by atoms with Gasteiger partial charge in [-0.15, -0.1) is 11.3 Å². The van der Waals surface area contributed by atoms with Gasteiger partial charge < -0.3 is 10.6 Å². The number of nitrogens with zero attached hydrogens (tertiary/aromatic N) is 1. The summed E-state index contributed by atoms with van der Waals surface area (Å²) in [4.78, 5) is 30.3. The Balaban J connectivity index is 1.59. The van der Waals surface area contributed by atoms with E-state index < -0.39 is 0 Å². The van der Waals surface area contributed by atoms with Crippen molar-refractivity contribution < 1.29 is 9.59 Å². The molecule has 35 heavy (non-hydrogen) atoms. The molecule has 6 heteroatoms. The van der Waals surface area contributed by atoms with Gasteiger partial charge in [-0.3, -0.25) is 14.5 Å². The molecule has 0 spiro atoms. The zero-order valence-electron chi connectivity index (χ0n) is 22.0. The Labute approximate surface area is 214 Å². The van der Waals surface area contributed by atoms with Crippen LogP contribution in [0.5, 0.6) is 0 Å². The number of hydrogen-bond donors (Lipinski definition) is 2. The van der Waals surface area contributed by atoms with Gasteiger partial charge in [0.2, 0.25) is 5.91 Å². The van der Waals surface area contributed by atoms with Crippen molar-refractivity contribution in [2.75, 3.05) is 23.7 Å². The van der Waals surface area contributed by atoms with Crippen molar-refractivity contribution in [3.63, 3.8) is 0 Å². The number of piperidine rings is 1. The minimum absolute atomic E-state index is 0.0130. The summed E-state index contributed by atoms with van der Waals surface area (Å²) in [5.74, 6) is 0.437. The van der Waals surface area contributed by atoms with Crippen LogP contribution in [0.1, 0.15) is 86.2 Å². The van der Waals surface area contributed by atoms with Crippen molar-refractivity contribution in [2.45, 2.75) is 85.6 Å². The van der Waals surface area contributed by atoms with E-state index in [0.717, 1.165) is 61.9 Å². The van der Waals surface area contributed by atoms with E-state index in [-0.39, 0.29) is 17.2 Å². The summed E-state index contributed by atoms with van der Waals surface area (Å²) < 4.78 is 0. The zero-order chi connectivity index (χ0) is 25.2. The Morgan fingerprint density at radius 1 is 1.14 bits per heavy atom. The number of aryl methyl sites for hydroxylation is 1. The van der Waals surface area contributed by atoms with Gasteiger partial charge >= 0.3 is 0 Å². The highest BCUT2D eigenvalue weighted by Crippen LogP contribution is 2.44. The number of rotatable bonds is 6. The number of carbonyl (C=O) groups excluding carboxylic acids is 2. The fraction of sp³-hybridized carbons (Fsp3) is 0.586. The molecular formula is C29H41N3O2S. The van der Waals surface area contributed by atoms with Gasteiger partial charge in [-0.2, -0.15) is 0 Å². The number of amides is 2. The van der Waals surface area contributed by atoms with Crippen molar-refractivity contribution in [2.24, 2.45) is 11.3 Å². The van der Waals surface area contributed by atoms with E-state index in [4.69, 9.17) is 0 Å². The molecule has 2 aliphatic rings. The molecule has 1 aliphatic carbocycles. The zero-order valence-corrected chi connectivity index (χ0v) is 22.8. The summed E-state index contributed by atoms with van der Waals surface area (Å²) in [6.45, 7) is 12.5. The van der Waals surface area contributed by atoms with Gasteiger partial charge in [-0.25, -0.2) is 0 Å². The van der Waals surface area contributed by atoms with Gasteiger partial charge in [-0.1, -0.05) is 46.2 Å². The van der Waals surface area contributed by atoms with Crippen molar-refractivity contribution in [1.29, 1.82) is 0 Å². The molecule has 1 fully saturated rings. The minimum Gasteiger partial charge on any atom is -0.322 e. The number of benzene rings is 1. The fourth-order valence-electron chi connectivity index (χ4n) is 5.65. The third-order valence-electron chi connectivity index (χ3n) is 7.81. The molecule has 0 unspecified atom stereocenters. The third-order valence-corrected chi connectivity index (χ3v) is 8.98. The molecule has 2 aromatic rings. The van der Waals surface area contributed by atoms with Crippen molar-refractivity contribution in [3.05, 3.63) is 45.8 Å². The van der Waals surface area contributed by atoms with Crippen molar-refractivity contribution >= 4 is 33.8 Å². The van der Waals surface area contributed by atoms with Crippen LogP contribution in [-0.4, -0.2) is 35.8 Å². The highest BCUT2D eigenvalue weighted by Gasteiger charge is 2.34. The summed E-state index contributed by atoms with van der Waals surface area (Å²) in [5, 5.41) is 6.98. The second-order valence-corrected chi connectivity index (χ2v) is 12.5. The van der Waals surface area contributed by atoms with Gasteiger partial charge in [0, 0.05) is 16.6 Å². The number of thiophene rings is 1. The lowest BCUT2D eigenvalue weighted by molar-refractivity contribution is -0.118. The lowest BCUT2D eigenvalue weighted by Gasteiger charge is -2.34. The molecule has 190 valence electrons. The van der Waals surface area contributed by atoms with Gasteiger partial charge in [0.25, 0.3) is 5.91 Å². The normalized spacial score (nSPS) is 20.8. The van der Waals surface area contributed by atoms with E-state index in [2.05, 4.69) is 43.2 Å². The molecule has 2 atom stereocenters. The standard InChI is InChI=1S/C29H41N3O2S/c1-6-22-12-7-8-15-32(22)18-25(33)31-28-26(27(34)30-21-11-9-10-19(2)16-21)23-14-13-20(29(3,4)5)17-24(23)35-28/h9-11,16,20,22H,6-8,12-15,17-18H2,1-5H3,(H,30,34)(H,31,33)/t20-,22-/m1/s1. The van der Waals surface area contributed by atoms with Gasteiger partial charge in [0.1, 0.15) is 5.00 Å². The molecule has 0 radical (unpaired) electrons. The lowest BCUT2D eigenvalue weighted by Crippen LogP contribution is -2.43. The van der Waals surface area contributed by atoms with Crippen LogP contribution in [0.4, 0.5) is 10.7 Å². The molecule has 1 aromatic heterocycles. The maximum atomic E-state index is 13.6. The smallest absolute Gasteiger partial charge is 0.258 e. The number of likely N-dealkylation sites (tertiary alicyclic amines) is 1. The average molecular weight is 496 g/mol. The molecule has 0 saturated carbocycles. The Kier molecular flexibility index (Phi) is 8.02. The van der Waals surface area contributed by atoms with E-state index in [0.29, 0.717) is 29.1 Å². The molecule has 4 rings (SSSR count). The molecule has 5 nitrogen and oxygen atoms in total. The molecule has 1 saturated heterocycles. The first-order valence-electron chi connectivity index (χ1n) is 13.2. The van der Waals surface area contributed by atoms with Crippen LogP contribution in [0.25, 0.3) is 0 Å². The second kappa shape index (κ2) is 10.8. The molecule has 2 heterocycles. The molecule has 0 bridgehead atoms. The Morgan fingerprint density at radius 3 is 2.66 bits per heavy atom. The van der Waals surface area contributed by atoms with Crippen molar-refractivity contribution in [1.82, 2.24) is 4.90 Å². The van der Waals surface area contributed by atoms with Crippen LogP contribution in [0, 0.1) is 18.3 Å². The van der Waals surface area contributed by atoms with Crippen LogP contribution in [-0.2, 0) is 17.6 Å². The molecule has 1 aliphatic heterocycles. The number of nitrogens with one attached hydrogen (secondary N) is 2. The van der Waals surface area contributed by atoms with Gasteiger partial charge in [0.05, 0.1) is 12.1 Å². The lowest BCUT2D eigenvalue weighted by atomic mass is 9.72. The number of hydrogen-bond acceptors (Lipinski definition) is 4. The second-order valence-electron chi connectivity index (χ2n) is 11.4. The SMILES string of the molecule is CC[C@@H]1CCCCN1CC(=O)Nc1sc2c(c1C(=O)Nc1cccc(C)c1)CC[C@@H](C(C)(C)C)C2. The van der Waals surface area contributed by atoms with E-state index in [1.807, 2.05) is 31.2 Å². The van der Waals surface area contributed by atoms with Crippen molar-refractivity contribution in [3.8, 4) is 0 Å². The first-order valence-corrected chi connectivity index (χ1v) is 14.0. The highest BCUT2D eigenvalue weighted by molar-refractivity contribution is 7.17. The quantitative estimate of drug-likeness (QED) is 0.471. The molecule has 1 aromatic carbocycles. The highest BCUT2D eigenvalue weighted by atomic mass is 32.1. The molecular weight excluding hydrogens is 454 g/mol. The number of carbonyl (C=O) groups is 2. The maximum Gasteiger partial charge on any atom is 0.258 e. The number of anilines is 2. The first-order chi connectivity index (χ1) is 16.7. The van der Waals surface area contributed by atoms with Crippen LogP contribution >= 0.6 is 11.3 Å². The Morgan fingerprint density at radius 2 is 1.94 bits per heavy atom. The largest absolute Gasteiger partial charge is 0.322 e. The van der Waals surface area contributed by atoms with E-state index in [1.54, 1.807) is 11.3 Å². The van der Waals surface area contributed by atoms with Gasteiger partial charge in [-0.05, 0) is 86.6 Å². The first kappa shape index (κ1) is 25.9. The Hall–Kier alpha value is -2.18. The van der Waals surface area contributed by atoms with Crippen LogP contribution in [0.3, 0.4) is 0 Å². The van der Waals surface area contributed by atoms with Gasteiger partial charge in [0.15, 0.2) is 0 Å². The minimum atomic E-state index is -0.123. The molecule has 2 amide bonds.